The molecule has 30 heavy (non-hydrogen) atoms. The number of rotatable bonds is 4. The van der Waals surface area contributed by atoms with Crippen molar-refractivity contribution in [1.29, 1.82) is 0 Å². The minimum atomic E-state index is -1.41. The standard InChI is InChI=1S/C20H20FN3O6/c1-20(2)29-17-9-23(10-18(17)30-20)15-8-14(22-19(25)26)16(24(27)28)7-13(15)11-3-5-12(21)6-4-11/h3-8,17-18,22H,9-10H2,1-2H3,(H,25,26). The average Bonchev–Trinajstić information content (AvgIpc) is 3.15. The Hall–Kier alpha value is -3.24. The van der Waals surface area contributed by atoms with Crippen LogP contribution in [0.4, 0.5) is 26.2 Å². The van der Waals surface area contributed by atoms with Crippen LogP contribution in [0, 0.1) is 15.9 Å². The highest BCUT2D eigenvalue weighted by atomic mass is 19.1. The number of carbonyl (C=O) groups is 1. The van der Waals surface area contributed by atoms with Gasteiger partial charge in [0, 0.05) is 30.4 Å². The molecule has 2 aromatic carbocycles. The van der Waals surface area contributed by atoms with E-state index in [1.54, 1.807) is 0 Å². The van der Waals surface area contributed by atoms with Crippen molar-refractivity contribution in [1.82, 2.24) is 0 Å². The van der Waals surface area contributed by atoms with Crippen molar-refractivity contribution in [2.75, 3.05) is 23.3 Å². The summed E-state index contributed by atoms with van der Waals surface area (Å²) in [6, 6.07) is 8.30. The zero-order valence-corrected chi connectivity index (χ0v) is 16.3. The van der Waals surface area contributed by atoms with Crippen molar-refractivity contribution < 1.29 is 28.7 Å². The van der Waals surface area contributed by atoms with Crippen molar-refractivity contribution in [3.8, 4) is 11.1 Å². The summed E-state index contributed by atoms with van der Waals surface area (Å²) in [4.78, 5) is 24.0. The molecule has 158 valence electrons. The van der Waals surface area contributed by atoms with Gasteiger partial charge in [0.05, 0.1) is 4.92 Å². The number of fused-ring (bicyclic) bond motifs is 1. The van der Waals surface area contributed by atoms with Crippen LogP contribution in [0.1, 0.15) is 13.8 Å². The van der Waals surface area contributed by atoms with Crippen LogP contribution in [-0.4, -0.2) is 47.2 Å². The van der Waals surface area contributed by atoms with Crippen molar-refractivity contribution in [3.63, 3.8) is 0 Å². The Kier molecular flexibility index (Phi) is 4.83. The Morgan fingerprint density at radius 3 is 2.37 bits per heavy atom. The van der Waals surface area contributed by atoms with Gasteiger partial charge in [0.25, 0.3) is 5.69 Å². The molecule has 2 N–H and O–H groups in total. The molecule has 2 fully saturated rings. The van der Waals surface area contributed by atoms with Crippen LogP contribution in [0.5, 0.6) is 0 Å². The van der Waals surface area contributed by atoms with E-state index in [9.17, 15) is 19.3 Å². The number of nitro groups is 1. The first kappa shape index (κ1) is 20.0. The highest BCUT2D eigenvalue weighted by Crippen LogP contribution is 2.42. The van der Waals surface area contributed by atoms with Gasteiger partial charge in [-0.2, -0.15) is 0 Å². The minimum absolute atomic E-state index is 0.146. The summed E-state index contributed by atoms with van der Waals surface area (Å²) in [6.45, 7) is 4.60. The second-order valence-corrected chi connectivity index (χ2v) is 7.70. The fourth-order valence-corrected chi connectivity index (χ4v) is 3.99. The molecule has 2 aliphatic heterocycles. The van der Waals surface area contributed by atoms with Gasteiger partial charge >= 0.3 is 6.09 Å². The number of carboxylic acid groups (broad SMARTS) is 1. The van der Waals surface area contributed by atoms with Gasteiger partial charge in [0.15, 0.2) is 5.79 Å². The van der Waals surface area contributed by atoms with E-state index in [1.165, 1.54) is 36.4 Å². The number of benzene rings is 2. The Balaban J connectivity index is 1.80. The first-order valence-electron chi connectivity index (χ1n) is 9.32. The smallest absolute Gasteiger partial charge is 0.409 e. The summed E-state index contributed by atoms with van der Waals surface area (Å²) in [5.74, 6) is -1.12. The summed E-state index contributed by atoms with van der Waals surface area (Å²) < 4.78 is 25.2. The number of anilines is 2. The van der Waals surface area contributed by atoms with E-state index in [1.807, 2.05) is 18.7 Å². The molecule has 1 amide bonds. The molecule has 2 unspecified atom stereocenters. The van der Waals surface area contributed by atoms with E-state index >= 15 is 0 Å². The molecule has 9 nitrogen and oxygen atoms in total. The molecule has 0 aliphatic carbocycles. The Labute approximate surface area is 171 Å². The van der Waals surface area contributed by atoms with Crippen LogP contribution < -0.4 is 10.2 Å². The molecule has 0 spiro atoms. The van der Waals surface area contributed by atoms with Gasteiger partial charge in [-0.25, -0.2) is 9.18 Å². The van der Waals surface area contributed by atoms with Crippen LogP contribution in [0.3, 0.4) is 0 Å². The maximum Gasteiger partial charge on any atom is 0.409 e. The molecule has 0 aromatic heterocycles. The molecule has 10 heteroatoms. The maximum atomic E-state index is 13.4. The number of hydrogen-bond donors (Lipinski definition) is 2. The summed E-state index contributed by atoms with van der Waals surface area (Å²) in [5, 5.41) is 22.8. The zero-order chi connectivity index (χ0) is 21.6. The first-order chi connectivity index (χ1) is 14.1. The number of nitrogens with one attached hydrogen (secondary N) is 1. The van der Waals surface area contributed by atoms with Crippen molar-refractivity contribution >= 4 is 23.2 Å². The summed E-state index contributed by atoms with van der Waals surface area (Å²) in [7, 11) is 0. The van der Waals surface area contributed by atoms with Crippen molar-refractivity contribution in [2.45, 2.75) is 31.8 Å². The molecule has 0 bridgehead atoms. The molecular weight excluding hydrogens is 397 g/mol. The van der Waals surface area contributed by atoms with Crippen molar-refractivity contribution in [3.05, 3.63) is 52.3 Å². The van der Waals surface area contributed by atoms with Crippen LogP contribution in [0.25, 0.3) is 11.1 Å². The molecule has 2 heterocycles. The summed E-state index contributed by atoms with van der Waals surface area (Å²) >= 11 is 0. The van der Waals surface area contributed by atoms with E-state index < -0.39 is 28.3 Å². The lowest BCUT2D eigenvalue weighted by Gasteiger charge is -2.26. The quantitative estimate of drug-likeness (QED) is 0.574. The minimum Gasteiger partial charge on any atom is -0.465 e. The highest BCUT2D eigenvalue weighted by molar-refractivity contribution is 5.92. The van der Waals surface area contributed by atoms with Gasteiger partial charge in [-0.15, -0.1) is 0 Å². The number of nitro benzene ring substituents is 1. The number of halogens is 1. The third kappa shape index (κ3) is 3.79. The van der Waals surface area contributed by atoms with Gasteiger partial charge in [-0.3, -0.25) is 15.4 Å². The monoisotopic (exact) mass is 417 g/mol. The van der Waals surface area contributed by atoms with Crippen LogP contribution in [-0.2, 0) is 9.47 Å². The van der Waals surface area contributed by atoms with E-state index in [4.69, 9.17) is 14.6 Å². The van der Waals surface area contributed by atoms with Gasteiger partial charge in [0.1, 0.15) is 23.7 Å². The van der Waals surface area contributed by atoms with E-state index in [0.29, 0.717) is 29.9 Å². The predicted octanol–water partition coefficient (Wildman–Crippen LogP) is 3.83. The SMILES string of the molecule is CC1(C)OC2CN(c3cc(NC(=O)O)c([N+](=O)[O-])cc3-c3ccc(F)cc3)CC2O1. The molecule has 2 aromatic rings. The van der Waals surface area contributed by atoms with Crippen molar-refractivity contribution in [2.24, 2.45) is 0 Å². The second kappa shape index (κ2) is 7.22. The number of hydrogen-bond acceptors (Lipinski definition) is 6. The fourth-order valence-electron chi connectivity index (χ4n) is 3.99. The Bertz CT molecular complexity index is 994. The number of nitrogens with zero attached hydrogens (tertiary/aromatic N) is 2. The Morgan fingerprint density at radius 2 is 1.83 bits per heavy atom. The van der Waals surface area contributed by atoms with E-state index in [-0.39, 0.29) is 17.9 Å². The third-order valence-corrected chi connectivity index (χ3v) is 5.13. The fraction of sp³-hybridized carbons (Fsp3) is 0.350. The molecule has 2 aliphatic rings. The lowest BCUT2D eigenvalue weighted by atomic mass is 10.0. The molecule has 2 saturated heterocycles. The average molecular weight is 417 g/mol. The predicted molar refractivity (Wildman–Crippen MR) is 106 cm³/mol. The molecular formula is C20H20FN3O6. The van der Waals surface area contributed by atoms with E-state index in [0.717, 1.165) is 0 Å². The third-order valence-electron chi connectivity index (χ3n) is 5.13. The number of amides is 1. The molecule has 0 saturated carbocycles. The topological polar surface area (TPSA) is 114 Å². The van der Waals surface area contributed by atoms with E-state index in [2.05, 4.69) is 5.32 Å². The van der Waals surface area contributed by atoms with Gasteiger partial charge in [-0.1, -0.05) is 12.1 Å². The van der Waals surface area contributed by atoms with Gasteiger partial charge in [0.2, 0.25) is 0 Å². The summed E-state index contributed by atoms with van der Waals surface area (Å²) in [5.41, 5.74) is 1.07. The Morgan fingerprint density at radius 1 is 1.23 bits per heavy atom. The van der Waals surface area contributed by atoms with Gasteiger partial charge < -0.3 is 19.5 Å². The lowest BCUT2D eigenvalue weighted by molar-refractivity contribution is -0.383. The van der Waals surface area contributed by atoms with Crippen LogP contribution >= 0.6 is 0 Å². The normalized spacial score (nSPS) is 22.0. The molecule has 4 rings (SSSR count). The zero-order valence-electron chi connectivity index (χ0n) is 16.3. The van der Waals surface area contributed by atoms with Gasteiger partial charge in [-0.05, 0) is 37.6 Å². The largest absolute Gasteiger partial charge is 0.465 e. The van der Waals surface area contributed by atoms with Crippen LogP contribution in [0.15, 0.2) is 36.4 Å². The maximum absolute atomic E-state index is 13.4. The van der Waals surface area contributed by atoms with Crippen LogP contribution in [0.2, 0.25) is 0 Å². The lowest BCUT2D eigenvalue weighted by Crippen LogP contribution is -2.30. The first-order valence-corrected chi connectivity index (χ1v) is 9.32. The molecule has 0 radical (unpaired) electrons. The summed E-state index contributed by atoms with van der Waals surface area (Å²) in [6.07, 6.45) is -1.79. The number of ether oxygens (including phenoxy) is 2. The molecule has 2 atom stereocenters. The highest BCUT2D eigenvalue weighted by Gasteiger charge is 2.47. The second-order valence-electron chi connectivity index (χ2n) is 7.70.